The van der Waals surface area contributed by atoms with Crippen LogP contribution in [0.15, 0.2) is 6.20 Å². The van der Waals surface area contributed by atoms with Gasteiger partial charge in [-0.15, -0.1) is 0 Å². The first-order valence-corrected chi connectivity index (χ1v) is 6.38. The van der Waals surface area contributed by atoms with Crippen LogP contribution in [0.1, 0.15) is 16.1 Å². The quantitative estimate of drug-likeness (QED) is 0.797. The fraction of sp³-hybridized carbons (Fsp3) is 0.500. The Morgan fingerprint density at radius 2 is 2.41 bits per heavy atom. The highest BCUT2D eigenvalue weighted by molar-refractivity contribution is 7.99. The molecule has 6 nitrogen and oxygen atoms in total. The summed E-state index contributed by atoms with van der Waals surface area (Å²) in [6.45, 7) is 2.21. The van der Waals surface area contributed by atoms with Crippen molar-refractivity contribution in [3.05, 3.63) is 17.5 Å². The largest absolute Gasteiger partial charge is 0.480 e. The van der Waals surface area contributed by atoms with Crippen LogP contribution in [-0.2, 0) is 4.79 Å². The third kappa shape index (κ3) is 2.28. The average Bonchev–Trinajstić information content (AvgIpc) is 2.74. The van der Waals surface area contributed by atoms with E-state index in [9.17, 15) is 9.59 Å². The van der Waals surface area contributed by atoms with E-state index in [0.717, 1.165) is 5.75 Å². The average molecular weight is 255 g/mol. The maximum Gasteiger partial charge on any atom is 0.327 e. The highest BCUT2D eigenvalue weighted by Crippen LogP contribution is 2.19. The van der Waals surface area contributed by atoms with Crippen LogP contribution >= 0.6 is 11.8 Å². The van der Waals surface area contributed by atoms with Gasteiger partial charge in [0.1, 0.15) is 6.04 Å². The van der Waals surface area contributed by atoms with E-state index in [1.165, 1.54) is 11.1 Å². The summed E-state index contributed by atoms with van der Waals surface area (Å²) in [5.41, 5.74) is 1.11. The molecule has 0 radical (unpaired) electrons. The van der Waals surface area contributed by atoms with Crippen LogP contribution in [0.2, 0.25) is 0 Å². The number of hydrogen-bond acceptors (Lipinski definition) is 4. The molecule has 1 aliphatic rings. The number of aromatic nitrogens is 2. The second-order valence-electron chi connectivity index (χ2n) is 3.84. The summed E-state index contributed by atoms with van der Waals surface area (Å²) in [5.74, 6) is 0.000327. The molecule has 1 atom stereocenters. The lowest BCUT2D eigenvalue weighted by Gasteiger charge is -2.32. The van der Waals surface area contributed by atoms with Gasteiger partial charge in [-0.1, -0.05) is 0 Å². The first-order chi connectivity index (χ1) is 8.11. The Labute approximate surface area is 102 Å². The molecule has 1 fully saturated rings. The molecule has 92 valence electrons. The third-order valence-corrected chi connectivity index (χ3v) is 3.76. The minimum Gasteiger partial charge on any atom is -0.480 e. The van der Waals surface area contributed by atoms with Gasteiger partial charge in [0.05, 0.1) is 11.8 Å². The number of carbonyl (C=O) groups is 2. The van der Waals surface area contributed by atoms with E-state index in [0.29, 0.717) is 23.6 Å². The van der Waals surface area contributed by atoms with Crippen LogP contribution in [0.4, 0.5) is 0 Å². The molecule has 1 aromatic heterocycles. The van der Waals surface area contributed by atoms with Gasteiger partial charge in [0.25, 0.3) is 5.91 Å². The van der Waals surface area contributed by atoms with Crippen molar-refractivity contribution < 1.29 is 14.7 Å². The molecule has 7 heteroatoms. The lowest BCUT2D eigenvalue weighted by molar-refractivity contribution is -0.141. The standard InChI is InChI=1S/C10H13N3O3S/c1-6-7(4-11-12-6)9(14)13-2-3-17-5-8(13)10(15)16/h4,8H,2-3,5H2,1H3,(H,11,12)(H,15,16). The topological polar surface area (TPSA) is 86.3 Å². The molecule has 1 amide bonds. The fourth-order valence-electron chi connectivity index (χ4n) is 1.77. The number of aryl methyl sites for hydroxylation is 1. The summed E-state index contributed by atoms with van der Waals surface area (Å²) < 4.78 is 0. The summed E-state index contributed by atoms with van der Waals surface area (Å²) in [7, 11) is 0. The smallest absolute Gasteiger partial charge is 0.327 e. The van der Waals surface area contributed by atoms with Gasteiger partial charge >= 0.3 is 5.97 Å². The first kappa shape index (κ1) is 12.0. The number of carbonyl (C=O) groups excluding carboxylic acids is 1. The molecular formula is C10H13N3O3S. The number of H-pyrrole nitrogens is 1. The molecule has 1 saturated heterocycles. The third-order valence-electron chi connectivity index (χ3n) is 2.73. The van der Waals surface area contributed by atoms with Crippen molar-refractivity contribution in [3.8, 4) is 0 Å². The van der Waals surface area contributed by atoms with Crippen molar-refractivity contribution >= 4 is 23.6 Å². The molecule has 0 spiro atoms. The van der Waals surface area contributed by atoms with E-state index >= 15 is 0 Å². The fourth-order valence-corrected chi connectivity index (χ4v) is 2.81. The molecule has 2 N–H and O–H groups in total. The Balaban J connectivity index is 2.23. The van der Waals surface area contributed by atoms with Crippen LogP contribution in [0.25, 0.3) is 0 Å². The molecular weight excluding hydrogens is 242 g/mol. The van der Waals surface area contributed by atoms with E-state index in [-0.39, 0.29) is 5.91 Å². The van der Waals surface area contributed by atoms with Gasteiger partial charge in [0, 0.05) is 23.7 Å². The summed E-state index contributed by atoms with van der Waals surface area (Å²) >= 11 is 1.56. The number of rotatable bonds is 2. The van der Waals surface area contributed by atoms with Gasteiger partial charge in [-0.2, -0.15) is 16.9 Å². The number of hydrogen-bond donors (Lipinski definition) is 2. The zero-order valence-corrected chi connectivity index (χ0v) is 10.2. The lowest BCUT2D eigenvalue weighted by atomic mass is 10.2. The van der Waals surface area contributed by atoms with Crippen molar-refractivity contribution in [2.75, 3.05) is 18.1 Å². The van der Waals surface area contributed by atoms with Crippen LogP contribution < -0.4 is 0 Å². The van der Waals surface area contributed by atoms with Crippen molar-refractivity contribution in [1.82, 2.24) is 15.1 Å². The minimum atomic E-state index is -0.952. The van der Waals surface area contributed by atoms with E-state index in [1.807, 2.05) is 0 Å². The number of nitrogens with one attached hydrogen (secondary N) is 1. The molecule has 1 aromatic rings. The van der Waals surface area contributed by atoms with Crippen molar-refractivity contribution in [2.45, 2.75) is 13.0 Å². The van der Waals surface area contributed by atoms with E-state index < -0.39 is 12.0 Å². The molecule has 2 rings (SSSR count). The number of thioether (sulfide) groups is 1. The molecule has 1 aliphatic heterocycles. The van der Waals surface area contributed by atoms with Crippen LogP contribution in [0.5, 0.6) is 0 Å². The summed E-state index contributed by atoms with van der Waals surface area (Å²) in [4.78, 5) is 24.7. The molecule has 1 unspecified atom stereocenters. The monoisotopic (exact) mass is 255 g/mol. The van der Waals surface area contributed by atoms with Gasteiger partial charge in [0.2, 0.25) is 0 Å². The van der Waals surface area contributed by atoms with Crippen LogP contribution in [0.3, 0.4) is 0 Å². The van der Waals surface area contributed by atoms with Crippen molar-refractivity contribution in [1.29, 1.82) is 0 Å². The molecule has 17 heavy (non-hydrogen) atoms. The van der Waals surface area contributed by atoms with Crippen LogP contribution in [0, 0.1) is 6.92 Å². The number of aromatic amines is 1. The maximum absolute atomic E-state index is 12.2. The number of nitrogens with zero attached hydrogens (tertiary/aromatic N) is 2. The highest BCUT2D eigenvalue weighted by atomic mass is 32.2. The molecule has 0 saturated carbocycles. The number of aliphatic carboxylic acids is 1. The van der Waals surface area contributed by atoms with Crippen LogP contribution in [-0.4, -0.2) is 56.2 Å². The van der Waals surface area contributed by atoms with Gasteiger partial charge in [-0.05, 0) is 6.92 Å². The number of amides is 1. The second kappa shape index (κ2) is 4.79. The summed E-state index contributed by atoms with van der Waals surface area (Å²) in [5, 5.41) is 15.6. The Morgan fingerprint density at radius 1 is 1.65 bits per heavy atom. The Kier molecular flexibility index (Phi) is 3.37. The second-order valence-corrected chi connectivity index (χ2v) is 4.99. The van der Waals surface area contributed by atoms with E-state index in [1.54, 1.807) is 18.7 Å². The minimum absolute atomic E-state index is 0.260. The molecule has 0 bridgehead atoms. The zero-order valence-electron chi connectivity index (χ0n) is 9.34. The zero-order chi connectivity index (χ0) is 12.4. The van der Waals surface area contributed by atoms with E-state index in [2.05, 4.69) is 10.2 Å². The highest BCUT2D eigenvalue weighted by Gasteiger charge is 2.33. The van der Waals surface area contributed by atoms with Gasteiger partial charge in [-0.25, -0.2) is 4.79 Å². The normalized spacial score (nSPS) is 20.3. The Morgan fingerprint density at radius 3 is 3.00 bits per heavy atom. The SMILES string of the molecule is Cc1[nH]ncc1C(=O)N1CCSCC1C(=O)O. The summed E-state index contributed by atoms with van der Waals surface area (Å²) in [6.07, 6.45) is 1.44. The van der Waals surface area contributed by atoms with Gasteiger partial charge in [-0.3, -0.25) is 9.89 Å². The van der Waals surface area contributed by atoms with Gasteiger partial charge < -0.3 is 10.0 Å². The van der Waals surface area contributed by atoms with E-state index in [4.69, 9.17) is 5.11 Å². The molecule has 0 aromatic carbocycles. The summed E-state index contributed by atoms with van der Waals surface area (Å²) in [6, 6.07) is -0.740. The Bertz CT molecular complexity index is 446. The molecule has 2 heterocycles. The Hall–Kier alpha value is -1.50. The lowest BCUT2D eigenvalue weighted by Crippen LogP contribution is -2.50. The number of carboxylic acid groups (broad SMARTS) is 1. The predicted octanol–water partition coefficient (Wildman–Crippen LogP) is 0.360. The van der Waals surface area contributed by atoms with Crippen molar-refractivity contribution in [2.24, 2.45) is 0 Å². The maximum atomic E-state index is 12.2. The first-order valence-electron chi connectivity index (χ1n) is 5.22. The van der Waals surface area contributed by atoms with Crippen molar-refractivity contribution in [3.63, 3.8) is 0 Å². The molecule has 0 aliphatic carbocycles. The number of carboxylic acids is 1. The van der Waals surface area contributed by atoms with Gasteiger partial charge in [0.15, 0.2) is 0 Å². The predicted molar refractivity (Wildman–Crippen MR) is 63.1 cm³/mol.